The third-order valence-electron chi connectivity index (χ3n) is 2.69. The average Bonchev–Trinajstić information content (AvgIpc) is 2.71. The SMILES string of the molecule is NCC1CCCN(Cc2nn[nH]n2)C1. The number of hydrogen-bond donors (Lipinski definition) is 2. The molecule has 1 aromatic heterocycles. The van der Waals surface area contributed by atoms with E-state index in [0.717, 1.165) is 32.0 Å². The zero-order valence-electron chi connectivity index (χ0n) is 8.19. The van der Waals surface area contributed by atoms with Crippen LogP contribution in [0.25, 0.3) is 0 Å². The van der Waals surface area contributed by atoms with Gasteiger partial charge in [0.2, 0.25) is 0 Å². The van der Waals surface area contributed by atoms with Crippen LogP contribution in [-0.2, 0) is 6.54 Å². The van der Waals surface area contributed by atoms with Crippen LogP contribution in [0.3, 0.4) is 0 Å². The Hall–Kier alpha value is -1.01. The predicted octanol–water partition coefficient (Wildman–Crippen LogP) is -0.630. The van der Waals surface area contributed by atoms with Gasteiger partial charge in [0.05, 0.1) is 6.54 Å². The first-order valence-electron chi connectivity index (χ1n) is 5.03. The second-order valence-electron chi connectivity index (χ2n) is 3.81. The molecule has 6 nitrogen and oxygen atoms in total. The topological polar surface area (TPSA) is 83.7 Å². The standard InChI is InChI=1S/C8H16N6/c9-4-7-2-1-3-14(5-7)6-8-10-12-13-11-8/h7H,1-6,9H2,(H,10,11,12,13). The molecule has 1 aromatic rings. The molecule has 1 atom stereocenters. The minimum Gasteiger partial charge on any atom is -0.330 e. The van der Waals surface area contributed by atoms with Gasteiger partial charge in [0, 0.05) is 6.54 Å². The first-order valence-corrected chi connectivity index (χ1v) is 5.03. The number of nitrogens with zero attached hydrogens (tertiary/aromatic N) is 4. The van der Waals surface area contributed by atoms with Gasteiger partial charge in [-0.1, -0.05) is 5.21 Å². The van der Waals surface area contributed by atoms with E-state index in [1.165, 1.54) is 12.8 Å². The molecule has 78 valence electrons. The van der Waals surface area contributed by atoms with Crippen LogP contribution in [-0.4, -0.2) is 45.2 Å². The summed E-state index contributed by atoms with van der Waals surface area (Å²) in [6.45, 7) is 3.74. The van der Waals surface area contributed by atoms with Crippen molar-refractivity contribution in [3.8, 4) is 0 Å². The van der Waals surface area contributed by atoms with E-state index in [2.05, 4.69) is 25.5 Å². The summed E-state index contributed by atoms with van der Waals surface area (Å²) < 4.78 is 0. The third kappa shape index (κ3) is 2.27. The molecule has 1 fully saturated rings. The summed E-state index contributed by atoms with van der Waals surface area (Å²) in [5.74, 6) is 1.40. The van der Waals surface area contributed by atoms with Crippen molar-refractivity contribution in [1.29, 1.82) is 0 Å². The van der Waals surface area contributed by atoms with Crippen molar-refractivity contribution in [2.75, 3.05) is 19.6 Å². The molecular formula is C8H16N6. The highest BCUT2D eigenvalue weighted by Crippen LogP contribution is 2.16. The van der Waals surface area contributed by atoms with Crippen LogP contribution in [0.2, 0.25) is 0 Å². The van der Waals surface area contributed by atoms with E-state index in [1.807, 2.05) is 0 Å². The lowest BCUT2D eigenvalue weighted by molar-refractivity contribution is 0.167. The van der Waals surface area contributed by atoms with Crippen molar-refractivity contribution in [3.63, 3.8) is 0 Å². The van der Waals surface area contributed by atoms with Gasteiger partial charge < -0.3 is 5.73 Å². The van der Waals surface area contributed by atoms with Gasteiger partial charge in [-0.3, -0.25) is 4.90 Å². The molecule has 0 amide bonds. The molecule has 0 aliphatic carbocycles. The Kier molecular flexibility index (Phi) is 3.05. The summed E-state index contributed by atoms with van der Waals surface area (Å²) in [5, 5.41) is 13.9. The summed E-state index contributed by atoms with van der Waals surface area (Å²) in [6.07, 6.45) is 2.47. The van der Waals surface area contributed by atoms with Gasteiger partial charge in [0.15, 0.2) is 5.82 Å². The number of nitrogens with one attached hydrogen (secondary N) is 1. The second-order valence-corrected chi connectivity index (χ2v) is 3.81. The van der Waals surface area contributed by atoms with Crippen molar-refractivity contribution >= 4 is 0 Å². The van der Waals surface area contributed by atoms with Gasteiger partial charge in [0.1, 0.15) is 0 Å². The summed E-state index contributed by atoms with van der Waals surface area (Å²) in [5.41, 5.74) is 5.66. The number of piperidine rings is 1. The molecule has 2 heterocycles. The molecule has 1 aliphatic heterocycles. The van der Waals surface area contributed by atoms with Crippen LogP contribution >= 0.6 is 0 Å². The van der Waals surface area contributed by atoms with Crippen molar-refractivity contribution in [2.24, 2.45) is 11.7 Å². The minimum atomic E-state index is 0.635. The Balaban J connectivity index is 1.86. The summed E-state index contributed by atoms with van der Waals surface area (Å²) in [4.78, 5) is 2.34. The van der Waals surface area contributed by atoms with Crippen molar-refractivity contribution in [2.45, 2.75) is 19.4 Å². The molecule has 0 radical (unpaired) electrons. The molecule has 0 saturated carbocycles. The van der Waals surface area contributed by atoms with Crippen molar-refractivity contribution in [1.82, 2.24) is 25.5 Å². The van der Waals surface area contributed by atoms with E-state index in [1.54, 1.807) is 0 Å². The van der Waals surface area contributed by atoms with Gasteiger partial charge in [-0.2, -0.15) is 5.21 Å². The number of likely N-dealkylation sites (tertiary alicyclic amines) is 1. The largest absolute Gasteiger partial charge is 0.330 e. The Morgan fingerprint density at radius 3 is 3.21 bits per heavy atom. The van der Waals surface area contributed by atoms with E-state index in [-0.39, 0.29) is 0 Å². The number of H-pyrrole nitrogens is 1. The van der Waals surface area contributed by atoms with Crippen molar-refractivity contribution in [3.05, 3.63) is 5.82 Å². The Labute approximate surface area is 82.9 Å². The number of aromatic nitrogens is 4. The molecule has 1 aliphatic rings. The van der Waals surface area contributed by atoms with Crippen LogP contribution < -0.4 is 5.73 Å². The van der Waals surface area contributed by atoms with Crippen LogP contribution in [0, 0.1) is 5.92 Å². The number of hydrogen-bond acceptors (Lipinski definition) is 5. The zero-order chi connectivity index (χ0) is 9.80. The minimum absolute atomic E-state index is 0.635. The maximum absolute atomic E-state index is 5.66. The molecule has 0 aromatic carbocycles. The highest BCUT2D eigenvalue weighted by atomic mass is 15.5. The molecule has 2 rings (SSSR count). The van der Waals surface area contributed by atoms with E-state index >= 15 is 0 Å². The fourth-order valence-electron chi connectivity index (χ4n) is 1.94. The lowest BCUT2D eigenvalue weighted by Gasteiger charge is -2.30. The average molecular weight is 196 g/mol. The number of tetrazole rings is 1. The smallest absolute Gasteiger partial charge is 0.188 e. The van der Waals surface area contributed by atoms with Crippen LogP contribution in [0.15, 0.2) is 0 Å². The maximum atomic E-state index is 5.66. The molecule has 1 unspecified atom stereocenters. The fourth-order valence-corrected chi connectivity index (χ4v) is 1.94. The first kappa shape index (κ1) is 9.54. The van der Waals surface area contributed by atoms with Crippen LogP contribution in [0.4, 0.5) is 0 Å². The number of rotatable bonds is 3. The van der Waals surface area contributed by atoms with Gasteiger partial charge >= 0.3 is 0 Å². The third-order valence-corrected chi connectivity index (χ3v) is 2.69. The van der Waals surface area contributed by atoms with Crippen molar-refractivity contribution < 1.29 is 0 Å². The molecular weight excluding hydrogens is 180 g/mol. The lowest BCUT2D eigenvalue weighted by Crippen LogP contribution is -2.38. The number of nitrogens with two attached hydrogens (primary N) is 1. The van der Waals surface area contributed by atoms with Gasteiger partial charge in [-0.15, -0.1) is 10.2 Å². The summed E-state index contributed by atoms with van der Waals surface area (Å²) >= 11 is 0. The van der Waals surface area contributed by atoms with E-state index in [0.29, 0.717) is 5.92 Å². The van der Waals surface area contributed by atoms with Crippen LogP contribution in [0.5, 0.6) is 0 Å². The molecule has 0 spiro atoms. The lowest BCUT2D eigenvalue weighted by atomic mass is 9.98. The fraction of sp³-hybridized carbons (Fsp3) is 0.875. The molecule has 0 bridgehead atoms. The molecule has 3 N–H and O–H groups in total. The zero-order valence-corrected chi connectivity index (χ0v) is 8.19. The highest BCUT2D eigenvalue weighted by molar-refractivity contribution is 4.80. The number of aromatic amines is 1. The molecule has 1 saturated heterocycles. The monoisotopic (exact) mass is 196 g/mol. The molecule has 6 heteroatoms. The van der Waals surface area contributed by atoms with E-state index in [4.69, 9.17) is 5.73 Å². The maximum Gasteiger partial charge on any atom is 0.188 e. The Bertz CT molecular complexity index is 259. The summed E-state index contributed by atoms with van der Waals surface area (Å²) in [7, 11) is 0. The normalized spacial score (nSPS) is 23.9. The summed E-state index contributed by atoms with van der Waals surface area (Å²) in [6, 6.07) is 0. The second kappa shape index (κ2) is 4.47. The van der Waals surface area contributed by atoms with E-state index in [9.17, 15) is 0 Å². The quantitative estimate of drug-likeness (QED) is 0.672. The van der Waals surface area contributed by atoms with E-state index < -0.39 is 0 Å². The van der Waals surface area contributed by atoms with Gasteiger partial charge in [-0.25, -0.2) is 0 Å². The predicted molar refractivity (Wildman–Crippen MR) is 51.2 cm³/mol. The Morgan fingerprint density at radius 1 is 1.57 bits per heavy atom. The highest BCUT2D eigenvalue weighted by Gasteiger charge is 2.19. The van der Waals surface area contributed by atoms with Gasteiger partial charge in [-0.05, 0) is 31.8 Å². The first-order chi connectivity index (χ1) is 6.88. The van der Waals surface area contributed by atoms with Gasteiger partial charge in [0.25, 0.3) is 0 Å². The van der Waals surface area contributed by atoms with Crippen LogP contribution in [0.1, 0.15) is 18.7 Å². The Morgan fingerprint density at radius 2 is 2.50 bits per heavy atom. The molecule has 14 heavy (non-hydrogen) atoms.